The van der Waals surface area contributed by atoms with Gasteiger partial charge >= 0.3 is 5.97 Å². The third kappa shape index (κ3) is 2.71. The molecule has 0 aliphatic carbocycles. The Hall–Kier alpha value is -2.67. The minimum atomic E-state index is -1.43. The van der Waals surface area contributed by atoms with E-state index in [2.05, 4.69) is 6.58 Å². The molecule has 0 aliphatic heterocycles. The summed E-state index contributed by atoms with van der Waals surface area (Å²) in [7, 11) is 0. The van der Waals surface area contributed by atoms with E-state index >= 15 is 0 Å². The van der Waals surface area contributed by atoms with Crippen LogP contribution >= 0.6 is 0 Å². The molecule has 0 aliphatic rings. The number of aliphatic carboxylic acids is 1. The zero-order valence-corrected chi connectivity index (χ0v) is 9.80. The third-order valence-corrected chi connectivity index (χ3v) is 2.35. The smallest absolute Gasteiger partial charge is 0.347 e. The SMILES string of the molecule is C=CC(=O)C(=C(C#N)C(=O)O)c1ccc(C)cc1. The number of hydrogen-bond donors (Lipinski definition) is 1. The maximum atomic E-state index is 11.7. The van der Waals surface area contributed by atoms with Crippen molar-refractivity contribution >= 4 is 17.3 Å². The van der Waals surface area contributed by atoms with Gasteiger partial charge in [-0.25, -0.2) is 4.79 Å². The van der Waals surface area contributed by atoms with Crippen molar-refractivity contribution in [1.29, 1.82) is 5.26 Å². The zero-order chi connectivity index (χ0) is 13.7. The Morgan fingerprint density at radius 3 is 2.28 bits per heavy atom. The van der Waals surface area contributed by atoms with Gasteiger partial charge in [-0.2, -0.15) is 5.26 Å². The summed E-state index contributed by atoms with van der Waals surface area (Å²) in [5, 5.41) is 17.8. The summed E-state index contributed by atoms with van der Waals surface area (Å²) in [6.07, 6.45) is 0.996. The van der Waals surface area contributed by atoms with Crippen molar-refractivity contribution in [3.8, 4) is 6.07 Å². The number of hydrogen-bond acceptors (Lipinski definition) is 3. The summed E-state index contributed by atoms with van der Waals surface area (Å²) in [5.74, 6) is -2.01. The van der Waals surface area contributed by atoms with Crippen LogP contribution in [-0.4, -0.2) is 16.9 Å². The summed E-state index contributed by atoms with van der Waals surface area (Å²) in [4.78, 5) is 22.7. The molecule has 0 fully saturated rings. The molecule has 0 amide bonds. The van der Waals surface area contributed by atoms with Gasteiger partial charge in [-0.1, -0.05) is 36.4 Å². The van der Waals surface area contributed by atoms with Gasteiger partial charge in [0.05, 0.1) is 5.57 Å². The van der Waals surface area contributed by atoms with Crippen LogP contribution in [0.3, 0.4) is 0 Å². The minimum absolute atomic E-state index is 0.139. The molecule has 0 saturated carbocycles. The number of rotatable bonds is 4. The molecule has 0 radical (unpaired) electrons. The van der Waals surface area contributed by atoms with Gasteiger partial charge in [0.1, 0.15) is 11.6 Å². The Balaban J connectivity index is 3.54. The molecule has 4 heteroatoms. The second-order valence-electron chi connectivity index (χ2n) is 3.60. The Bertz CT molecular complexity index is 574. The maximum absolute atomic E-state index is 11.7. The molecule has 1 N–H and O–H groups in total. The molecule has 0 saturated heterocycles. The molecule has 1 aromatic carbocycles. The quantitative estimate of drug-likeness (QED) is 0.646. The van der Waals surface area contributed by atoms with Crippen LogP contribution in [0.5, 0.6) is 0 Å². The zero-order valence-electron chi connectivity index (χ0n) is 9.80. The Labute approximate surface area is 104 Å². The fraction of sp³-hybridized carbons (Fsp3) is 0.0714. The highest BCUT2D eigenvalue weighted by Gasteiger charge is 2.20. The summed E-state index contributed by atoms with van der Waals surface area (Å²) < 4.78 is 0. The maximum Gasteiger partial charge on any atom is 0.347 e. The molecule has 0 spiro atoms. The Kier molecular flexibility index (Phi) is 4.16. The first kappa shape index (κ1) is 13.4. The number of nitriles is 1. The van der Waals surface area contributed by atoms with Gasteiger partial charge in [0.2, 0.25) is 0 Å². The number of carbonyl (C=O) groups excluding carboxylic acids is 1. The van der Waals surface area contributed by atoms with Crippen LogP contribution in [0.15, 0.2) is 42.5 Å². The monoisotopic (exact) mass is 241 g/mol. The highest BCUT2D eigenvalue weighted by Crippen LogP contribution is 2.21. The van der Waals surface area contributed by atoms with Crippen LogP contribution in [0.1, 0.15) is 11.1 Å². The van der Waals surface area contributed by atoms with Crippen molar-refractivity contribution in [2.75, 3.05) is 0 Å². The highest BCUT2D eigenvalue weighted by molar-refractivity contribution is 6.31. The van der Waals surface area contributed by atoms with E-state index in [1.54, 1.807) is 30.3 Å². The first-order valence-electron chi connectivity index (χ1n) is 5.12. The predicted octanol–water partition coefficient (Wildman–Crippen LogP) is 2.11. The Morgan fingerprint density at radius 2 is 1.89 bits per heavy atom. The fourth-order valence-electron chi connectivity index (χ4n) is 1.44. The molecular weight excluding hydrogens is 230 g/mol. The van der Waals surface area contributed by atoms with Crippen LogP contribution in [0.4, 0.5) is 0 Å². The average Bonchev–Trinajstić information content (AvgIpc) is 2.36. The lowest BCUT2D eigenvalue weighted by molar-refractivity contribution is -0.132. The van der Waals surface area contributed by atoms with Crippen LogP contribution < -0.4 is 0 Å². The topological polar surface area (TPSA) is 78.2 Å². The van der Waals surface area contributed by atoms with Crippen molar-refractivity contribution in [3.05, 3.63) is 53.6 Å². The van der Waals surface area contributed by atoms with Crippen molar-refractivity contribution in [2.24, 2.45) is 0 Å². The fourth-order valence-corrected chi connectivity index (χ4v) is 1.44. The number of allylic oxidation sites excluding steroid dienone is 2. The van der Waals surface area contributed by atoms with Gasteiger partial charge in [0.15, 0.2) is 5.78 Å². The Morgan fingerprint density at radius 1 is 1.33 bits per heavy atom. The molecule has 90 valence electrons. The summed E-state index contributed by atoms with van der Waals surface area (Å²) in [5.41, 5.74) is 0.645. The van der Waals surface area contributed by atoms with Crippen LogP contribution in [0.2, 0.25) is 0 Å². The number of ketones is 1. The van der Waals surface area contributed by atoms with E-state index in [0.29, 0.717) is 5.56 Å². The van der Waals surface area contributed by atoms with E-state index in [4.69, 9.17) is 10.4 Å². The first-order valence-corrected chi connectivity index (χ1v) is 5.12. The van der Waals surface area contributed by atoms with Gasteiger partial charge in [0, 0.05) is 0 Å². The number of carbonyl (C=O) groups is 2. The second-order valence-corrected chi connectivity index (χ2v) is 3.60. The second kappa shape index (κ2) is 5.60. The van der Waals surface area contributed by atoms with Crippen molar-refractivity contribution < 1.29 is 14.7 Å². The normalized spacial score (nSPS) is 11.1. The van der Waals surface area contributed by atoms with E-state index < -0.39 is 17.3 Å². The van der Waals surface area contributed by atoms with Crippen molar-refractivity contribution in [1.82, 2.24) is 0 Å². The summed E-state index contributed by atoms with van der Waals surface area (Å²) in [6, 6.07) is 8.23. The van der Waals surface area contributed by atoms with Crippen LogP contribution in [0, 0.1) is 18.3 Å². The highest BCUT2D eigenvalue weighted by atomic mass is 16.4. The van der Waals surface area contributed by atoms with Gasteiger partial charge < -0.3 is 5.11 Å². The molecule has 0 atom stereocenters. The van der Waals surface area contributed by atoms with E-state index in [1.165, 1.54) is 0 Å². The number of benzene rings is 1. The van der Waals surface area contributed by atoms with E-state index in [-0.39, 0.29) is 5.57 Å². The molecule has 0 aromatic heterocycles. The van der Waals surface area contributed by atoms with Gasteiger partial charge in [-0.3, -0.25) is 4.79 Å². The lowest BCUT2D eigenvalue weighted by Crippen LogP contribution is -2.08. The summed E-state index contributed by atoms with van der Waals surface area (Å²) >= 11 is 0. The van der Waals surface area contributed by atoms with Gasteiger partial charge in [-0.15, -0.1) is 0 Å². The minimum Gasteiger partial charge on any atom is -0.477 e. The number of carboxylic acid groups (broad SMARTS) is 1. The number of nitrogens with zero attached hydrogens (tertiary/aromatic N) is 1. The van der Waals surface area contributed by atoms with Crippen LogP contribution in [-0.2, 0) is 9.59 Å². The summed E-state index contributed by atoms with van der Waals surface area (Å²) in [6.45, 7) is 5.18. The lowest BCUT2D eigenvalue weighted by atomic mass is 9.96. The van der Waals surface area contributed by atoms with Gasteiger partial charge in [-0.05, 0) is 18.6 Å². The molecule has 1 aromatic rings. The molecule has 4 nitrogen and oxygen atoms in total. The van der Waals surface area contributed by atoms with E-state index in [9.17, 15) is 9.59 Å². The number of carboxylic acids is 1. The third-order valence-electron chi connectivity index (χ3n) is 2.35. The first-order chi connectivity index (χ1) is 8.51. The molecule has 18 heavy (non-hydrogen) atoms. The van der Waals surface area contributed by atoms with E-state index in [1.807, 2.05) is 6.92 Å². The lowest BCUT2D eigenvalue weighted by Gasteiger charge is -2.06. The van der Waals surface area contributed by atoms with Gasteiger partial charge in [0.25, 0.3) is 0 Å². The average molecular weight is 241 g/mol. The molecule has 0 bridgehead atoms. The molecular formula is C14H11NO3. The van der Waals surface area contributed by atoms with E-state index in [0.717, 1.165) is 11.6 Å². The van der Waals surface area contributed by atoms with Crippen LogP contribution in [0.25, 0.3) is 5.57 Å². The number of aryl methyl sites for hydroxylation is 1. The predicted molar refractivity (Wildman–Crippen MR) is 66.6 cm³/mol. The molecule has 0 unspecified atom stereocenters. The van der Waals surface area contributed by atoms with Crippen molar-refractivity contribution in [3.63, 3.8) is 0 Å². The standard InChI is InChI=1S/C14H11NO3/c1-3-12(16)13(11(8-15)14(17)18)10-6-4-9(2)5-7-10/h3-7H,1H2,2H3,(H,17,18). The molecule has 0 heterocycles. The molecule has 1 rings (SSSR count). The largest absolute Gasteiger partial charge is 0.477 e. The van der Waals surface area contributed by atoms with Crippen molar-refractivity contribution in [2.45, 2.75) is 6.92 Å².